The molecule has 0 atom stereocenters. The summed E-state index contributed by atoms with van der Waals surface area (Å²) in [6.07, 6.45) is 0. The summed E-state index contributed by atoms with van der Waals surface area (Å²) in [5.41, 5.74) is 0. The number of hydrogen-bond acceptors (Lipinski definition) is 4. The predicted molar refractivity (Wildman–Crippen MR) is 35.8 cm³/mol. The molecule has 13 heteroatoms. The second-order valence-corrected chi connectivity index (χ2v) is 1.22. The van der Waals surface area contributed by atoms with E-state index in [2.05, 4.69) is 0 Å². The largest absolute Gasteiger partial charge is 2.00 e. The molecular weight excluding hydrogens is 267 g/mol. The van der Waals surface area contributed by atoms with Crippen molar-refractivity contribution >= 4 is 10.4 Å². The molecule has 0 amide bonds. The number of hydrogen-bond donors (Lipinski definition) is 0. The van der Waals surface area contributed by atoms with E-state index in [-0.39, 0.29) is 55.1 Å². The second kappa shape index (κ2) is 40.1. The van der Waals surface area contributed by atoms with Gasteiger partial charge in [-0.05, 0) is 0 Å². The van der Waals surface area contributed by atoms with E-state index in [0.717, 1.165) is 0 Å². The van der Waals surface area contributed by atoms with Gasteiger partial charge < -0.3 is 47.4 Å². The van der Waals surface area contributed by atoms with Crippen molar-refractivity contribution in [2.24, 2.45) is 0 Å². The molecule has 0 spiro atoms. The molecule has 0 unspecified atom stereocenters. The van der Waals surface area contributed by atoms with Gasteiger partial charge >= 0.3 is 16.8 Å². The molecule has 0 aromatic carbocycles. The van der Waals surface area contributed by atoms with Gasteiger partial charge in [0, 0.05) is 10.4 Å². The predicted octanol–water partition coefficient (Wildman–Crippen LogP) is -7.11. The summed E-state index contributed by atoms with van der Waals surface area (Å²) in [5.74, 6) is 0. The third-order valence-corrected chi connectivity index (χ3v) is 0. The SMILES string of the molecule is O.O.O.O.O.O.O.O=S(=O)([O-])[O-].[Co+2]. The third kappa shape index (κ3) is 132000. The normalized spacial score (nSPS) is 4.46. The van der Waals surface area contributed by atoms with Crippen molar-refractivity contribution in [2.75, 3.05) is 0 Å². The van der Waals surface area contributed by atoms with E-state index >= 15 is 0 Å². The summed E-state index contributed by atoms with van der Waals surface area (Å²) < 4.78 is 34.1. The molecule has 0 saturated heterocycles. The van der Waals surface area contributed by atoms with Gasteiger partial charge in [0.2, 0.25) is 0 Å². The van der Waals surface area contributed by atoms with Gasteiger partial charge in [-0.25, -0.2) is 0 Å². The fourth-order valence-electron chi connectivity index (χ4n) is 0. The first-order chi connectivity index (χ1) is 2.00. The van der Waals surface area contributed by atoms with E-state index in [1.165, 1.54) is 0 Å². The standard InChI is InChI=1S/Co.H2O4S.7H2O/c;1-5(2,3)4;;;;;;;/h;(H2,1,2,3,4);7*1H2/q+2;;;;;;;;/p-2. The van der Waals surface area contributed by atoms with Gasteiger partial charge in [-0.1, -0.05) is 0 Å². The van der Waals surface area contributed by atoms with Crippen molar-refractivity contribution in [3.8, 4) is 0 Å². The quantitative estimate of drug-likeness (QED) is 0.308. The van der Waals surface area contributed by atoms with Crippen molar-refractivity contribution in [1.29, 1.82) is 0 Å². The third-order valence-electron chi connectivity index (χ3n) is 0. The molecule has 0 rings (SSSR count). The summed E-state index contributed by atoms with van der Waals surface area (Å²) >= 11 is 0. The van der Waals surface area contributed by atoms with E-state index in [4.69, 9.17) is 17.5 Å². The molecule has 1 radical (unpaired) electrons. The number of rotatable bonds is 0. The van der Waals surface area contributed by atoms with Crippen LogP contribution in [0.3, 0.4) is 0 Å². The maximum Gasteiger partial charge on any atom is 2.00 e. The fraction of sp³-hybridized carbons (Fsp3) is 0. The van der Waals surface area contributed by atoms with Crippen LogP contribution in [0, 0.1) is 0 Å². The van der Waals surface area contributed by atoms with Crippen LogP contribution >= 0.6 is 0 Å². The Morgan fingerprint density at radius 3 is 0.615 bits per heavy atom. The van der Waals surface area contributed by atoms with E-state index in [9.17, 15) is 0 Å². The minimum atomic E-state index is -5.17. The molecule has 13 heavy (non-hydrogen) atoms. The monoisotopic (exact) mass is 281 g/mol. The first kappa shape index (κ1) is 114. The van der Waals surface area contributed by atoms with Crippen molar-refractivity contribution < 1.29 is 72.6 Å². The van der Waals surface area contributed by atoms with E-state index in [0.29, 0.717) is 0 Å². The van der Waals surface area contributed by atoms with Crippen LogP contribution in [0.4, 0.5) is 0 Å². The molecule has 95 valence electrons. The van der Waals surface area contributed by atoms with Gasteiger partial charge in [0.1, 0.15) is 0 Å². The fourth-order valence-corrected chi connectivity index (χ4v) is 0. The van der Waals surface area contributed by atoms with Crippen LogP contribution in [-0.2, 0) is 27.2 Å². The van der Waals surface area contributed by atoms with Crippen LogP contribution in [-0.4, -0.2) is 55.9 Å². The van der Waals surface area contributed by atoms with E-state index in [1.54, 1.807) is 0 Å². The zero-order valence-corrected chi connectivity index (χ0v) is 7.73. The Kier molecular flexibility index (Phi) is 352. The summed E-state index contributed by atoms with van der Waals surface area (Å²) in [7, 11) is -5.17. The maximum atomic E-state index is 8.52. The molecule has 0 bridgehead atoms. The zero-order chi connectivity index (χ0) is 4.50. The molecule has 0 heterocycles. The van der Waals surface area contributed by atoms with Gasteiger partial charge in [0.25, 0.3) is 0 Å². The molecule has 11 nitrogen and oxygen atoms in total. The first-order valence-corrected chi connectivity index (χ1v) is 2.00. The summed E-state index contributed by atoms with van der Waals surface area (Å²) in [4.78, 5) is 0. The summed E-state index contributed by atoms with van der Waals surface area (Å²) in [5, 5.41) is 0. The van der Waals surface area contributed by atoms with E-state index in [1.807, 2.05) is 0 Å². The first-order valence-electron chi connectivity index (χ1n) is 0.667. The zero-order valence-electron chi connectivity index (χ0n) is 5.87. The van der Waals surface area contributed by atoms with Crippen molar-refractivity contribution in [3.05, 3.63) is 0 Å². The van der Waals surface area contributed by atoms with Crippen molar-refractivity contribution in [1.82, 2.24) is 0 Å². The van der Waals surface area contributed by atoms with E-state index < -0.39 is 10.4 Å². The average molecular weight is 281 g/mol. The van der Waals surface area contributed by atoms with Crippen LogP contribution in [0.25, 0.3) is 0 Å². The smallest absolute Gasteiger partial charge is 0.759 e. The van der Waals surface area contributed by atoms with Crippen LogP contribution in [0.2, 0.25) is 0 Å². The van der Waals surface area contributed by atoms with Crippen molar-refractivity contribution in [2.45, 2.75) is 0 Å². The molecule has 0 fully saturated rings. The summed E-state index contributed by atoms with van der Waals surface area (Å²) in [6, 6.07) is 0. The van der Waals surface area contributed by atoms with Gasteiger partial charge in [-0.2, -0.15) is 0 Å². The van der Waals surface area contributed by atoms with Gasteiger partial charge in [-0.3, -0.25) is 8.42 Å². The second-order valence-electron chi connectivity index (χ2n) is 0.408. The average Bonchev–Trinajstić information content (AvgIpc) is 0.722. The molecule has 0 aromatic heterocycles. The van der Waals surface area contributed by atoms with Gasteiger partial charge in [0.05, 0.1) is 0 Å². The minimum Gasteiger partial charge on any atom is -0.759 e. The Labute approximate surface area is 83.7 Å². The van der Waals surface area contributed by atoms with Crippen LogP contribution in [0.5, 0.6) is 0 Å². The molecule has 0 aliphatic carbocycles. The Balaban J connectivity index is -0.00000000286. The Hall–Kier alpha value is 0.0965. The molecule has 14 N–H and O–H groups in total. The van der Waals surface area contributed by atoms with Crippen LogP contribution < -0.4 is 0 Å². The minimum absolute atomic E-state index is 0. The Bertz CT molecular complexity index is 93.3. The van der Waals surface area contributed by atoms with Gasteiger partial charge in [-0.15, -0.1) is 0 Å². The van der Waals surface area contributed by atoms with Crippen LogP contribution in [0.15, 0.2) is 0 Å². The molecule has 0 saturated carbocycles. The molecule has 0 aromatic rings. The van der Waals surface area contributed by atoms with Crippen molar-refractivity contribution in [3.63, 3.8) is 0 Å². The summed E-state index contributed by atoms with van der Waals surface area (Å²) in [6.45, 7) is 0. The Morgan fingerprint density at radius 1 is 0.615 bits per heavy atom. The van der Waals surface area contributed by atoms with Crippen LogP contribution in [0.1, 0.15) is 0 Å². The molecular formula is H14CoO11S. The maximum absolute atomic E-state index is 8.52. The molecule has 0 aliphatic heterocycles. The topological polar surface area (TPSA) is 301 Å². The van der Waals surface area contributed by atoms with Gasteiger partial charge in [0.15, 0.2) is 0 Å². The molecule has 0 aliphatic rings. The Morgan fingerprint density at radius 2 is 0.615 bits per heavy atom.